The van der Waals surface area contributed by atoms with E-state index in [2.05, 4.69) is 15.8 Å². The van der Waals surface area contributed by atoms with Crippen molar-refractivity contribution in [2.45, 2.75) is 0 Å². The fraction of sp³-hybridized carbons (Fsp3) is 0. The molecule has 1 aromatic heterocycles. The molecule has 0 saturated carbocycles. The molecule has 0 saturated heterocycles. The largest absolute Gasteiger partial charge is 0.422 e. The Morgan fingerprint density at radius 3 is 2.29 bits per heavy atom. The number of esters is 1. The van der Waals surface area contributed by atoms with Crippen molar-refractivity contribution in [1.29, 1.82) is 0 Å². The second-order valence-corrected chi connectivity index (χ2v) is 8.73. The summed E-state index contributed by atoms with van der Waals surface area (Å²) >= 11 is 13.4. The van der Waals surface area contributed by atoms with Crippen LogP contribution in [-0.2, 0) is 9.59 Å². The van der Waals surface area contributed by atoms with Gasteiger partial charge in [-0.15, -0.1) is 11.3 Å². The molecule has 0 unspecified atom stereocenters. The molecule has 4 rings (SSSR count). The van der Waals surface area contributed by atoms with Crippen molar-refractivity contribution in [3.63, 3.8) is 0 Å². The maximum atomic E-state index is 12.5. The number of carbonyl (C=O) groups excluding carboxylic acids is 3. The smallest absolute Gasteiger partial charge is 0.355 e. The third-order valence-corrected chi connectivity index (χ3v) is 6.41. The minimum absolute atomic E-state index is 0.321. The van der Waals surface area contributed by atoms with Crippen LogP contribution in [0.3, 0.4) is 0 Å². The van der Waals surface area contributed by atoms with E-state index in [1.165, 1.54) is 17.6 Å². The zero-order valence-electron chi connectivity index (χ0n) is 17.2. The van der Waals surface area contributed by atoms with Gasteiger partial charge in [-0.3, -0.25) is 9.59 Å². The topological polar surface area (TPSA) is 96.9 Å². The van der Waals surface area contributed by atoms with Crippen molar-refractivity contribution in [2.75, 3.05) is 5.32 Å². The first-order chi connectivity index (χ1) is 16.4. The van der Waals surface area contributed by atoms with E-state index in [4.69, 9.17) is 27.9 Å². The first kappa shape index (κ1) is 23.4. The zero-order valence-corrected chi connectivity index (χ0v) is 19.6. The molecule has 2 N–H and O–H groups in total. The van der Waals surface area contributed by atoms with Crippen molar-refractivity contribution < 1.29 is 19.1 Å². The van der Waals surface area contributed by atoms with E-state index in [0.29, 0.717) is 31.9 Å². The molecular formula is C24H15Cl2N3O4S. The monoisotopic (exact) mass is 511 g/mol. The van der Waals surface area contributed by atoms with Crippen molar-refractivity contribution in [1.82, 2.24) is 5.43 Å². The van der Waals surface area contributed by atoms with Crippen LogP contribution in [0.5, 0.6) is 5.75 Å². The van der Waals surface area contributed by atoms with E-state index in [0.717, 1.165) is 10.1 Å². The number of rotatable bonds is 5. The fourth-order valence-corrected chi connectivity index (χ4v) is 4.37. The van der Waals surface area contributed by atoms with Gasteiger partial charge in [-0.1, -0.05) is 41.4 Å². The maximum Gasteiger partial charge on any atom is 0.355 e. The molecule has 0 aliphatic heterocycles. The SMILES string of the molecule is O=C(NN=Cc1ccc(OC(=O)c2sc3ccccc3c2Cl)cc1)C(=O)Nc1ccc(Cl)cc1. The highest BCUT2D eigenvalue weighted by molar-refractivity contribution is 7.21. The molecule has 34 heavy (non-hydrogen) atoms. The maximum absolute atomic E-state index is 12.5. The Bertz CT molecular complexity index is 1400. The standard InChI is InChI=1S/C24H15Cl2N3O4S/c25-15-7-9-16(10-8-15)28-22(30)23(31)29-27-13-14-5-11-17(12-6-14)33-24(32)21-20(26)18-3-1-2-4-19(18)34-21/h1-13H,(H,28,30)(H,29,31). The van der Waals surface area contributed by atoms with E-state index < -0.39 is 17.8 Å². The Kier molecular flexibility index (Phi) is 7.22. The van der Waals surface area contributed by atoms with E-state index in [9.17, 15) is 14.4 Å². The molecular weight excluding hydrogens is 497 g/mol. The van der Waals surface area contributed by atoms with E-state index >= 15 is 0 Å². The van der Waals surface area contributed by atoms with Crippen LogP contribution >= 0.6 is 34.5 Å². The van der Waals surface area contributed by atoms with Crippen molar-refractivity contribution in [3.8, 4) is 5.75 Å². The summed E-state index contributed by atoms with van der Waals surface area (Å²) in [6, 6.07) is 20.2. The van der Waals surface area contributed by atoms with Gasteiger partial charge in [0.2, 0.25) is 0 Å². The highest BCUT2D eigenvalue weighted by Gasteiger charge is 2.19. The van der Waals surface area contributed by atoms with E-state index in [1.807, 2.05) is 24.3 Å². The molecule has 0 fully saturated rings. The van der Waals surface area contributed by atoms with Crippen molar-refractivity contribution in [2.24, 2.45) is 5.10 Å². The number of thiophene rings is 1. The number of ether oxygens (including phenoxy) is 1. The third kappa shape index (κ3) is 5.60. The Balaban J connectivity index is 1.31. The lowest BCUT2D eigenvalue weighted by atomic mass is 10.2. The first-order valence-corrected chi connectivity index (χ1v) is 11.4. The fourth-order valence-electron chi connectivity index (χ4n) is 2.86. The lowest BCUT2D eigenvalue weighted by Gasteiger charge is -2.04. The van der Waals surface area contributed by atoms with E-state index in [-0.39, 0.29) is 0 Å². The van der Waals surface area contributed by atoms with Crippen LogP contribution in [0.2, 0.25) is 10.0 Å². The molecule has 3 aromatic carbocycles. The number of hydrazone groups is 1. The number of nitrogens with one attached hydrogen (secondary N) is 2. The molecule has 2 amide bonds. The van der Waals surface area contributed by atoms with Gasteiger partial charge in [0.25, 0.3) is 0 Å². The second-order valence-electron chi connectivity index (χ2n) is 6.86. The predicted molar refractivity (Wildman–Crippen MR) is 134 cm³/mol. The van der Waals surface area contributed by atoms with Crippen LogP contribution in [0.15, 0.2) is 77.9 Å². The Labute approximate surface area is 207 Å². The molecule has 7 nitrogen and oxygen atoms in total. The molecule has 0 aliphatic carbocycles. The summed E-state index contributed by atoms with van der Waals surface area (Å²) in [6.07, 6.45) is 1.35. The summed E-state index contributed by atoms with van der Waals surface area (Å²) in [7, 11) is 0. The van der Waals surface area contributed by atoms with Crippen molar-refractivity contribution in [3.05, 3.63) is 93.3 Å². The molecule has 0 radical (unpaired) electrons. The normalized spacial score (nSPS) is 10.9. The summed E-state index contributed by atoms with van der Waals surface area (Å²) in [5.74, 6) is -2.03. The molecule has 170 valence electrons. The second kappa shape index (κ2) is 10.5. The molecule has 0 spiro atoms. The van der Waals surface area contributed by atoms with Gasteiger partial charge in [0.1, 0.15) is 10.6 Å². The minimum Gasteiger partial charge on any atom is -0.422 e. The summed E-state index contributed by atoms with van der Waals surface area (Å²) in [4.78, 5) is 36.6. The minimum atomic E-state index is -0.933. The molecule has 0 aliphatic rings. The summed E-state index contributed by atoms with van der Waals surface area (Å²) in [5, 5.41) is 7.87. The Hall–Kier alpha value is -3.72. The lowest BCUT2D eigenvalue weighted by Crippen LogP contribution is -2.32. The van der Waals surface area contributed by atoms with Gasteiger partial charge < -0.3 is 10.1 Å². The highest BCUT2D eigenvalue weighted by atomic mass is 35.5. The van der Waals surface area contributed by atoms with Crippen LogP contribution in [0.1, 0.15) is 15.2 Å². The third-order valence-electron chi connectivity index (χ3n) is 4.50. The molecule has 10 heteroatoms. The van der Waals surface area contributed by atoms with Gasteiger partial charge in [0.05, 0.1) is 11.2 Å². The van der Waals surface area contributed by atoms with Gasteiger partial charge in [0, 0.05) is 20.8 Å². The zero-order chi connectivity index (χ0) is 24.1. The van der Waals surface area contributed by atoms with Gasteiger partial charge >= 0.3 is 17.8 Å². The number of benzene rings is 3. The number of amides is 2. The average molecular weight is 512 g/mol. The average Bonchev–Trinajstić information content (AvgIpc) is 3.18. The van der Waals surface area contributed by atoms with Gasteiger partial charge in [-0.25, -0.2) is 10.2 Å². The predicted octanol–water partition coefficient (Wildman–Crippen LogP) is 5.52. The van der Waals surface area contributed by atoms with Crippen LogP contribution in [0, 0.1) is 0 Å². The lowest BCUT2D eigenvalue weighted by molar-refractivity contribution is -0.136. The molecule has 1 heterocycles. The van der Waals surface area contributed by atoms with Gasteiger partial charge in [0.15, 0.2) is 0 Å². The highest BCUT2D eigenvalue weighted by Crippen LogP contribution is 2.35. The number of carbonyl (C=O) groups is 3. The Morgan fingerprint density at radius 2 is 1.59 bits per heavy atom. The van der Waals surface area contributed by atoms with Crippen LogP contribution in [0.4, 0.5) is 5.69 Å². The van der Waals surface area contributed by atoms with Crippen LogP contribution < -0.4 is 15.5 Å². The number of anilines is 1. The summed E-state index contributed by atoms with van der Waals surface area (Å²) < 4.78 is 6.31. The van der Waals surface area contributed by atoms with Crippen LogP contribution in [0.25, 0.3) is 10.1 Å². The van der Waals surface area contributed by atoms with Gasteiger partial charge in [-0.2, -0.15) is 5.10 Å². The summed E-state index contributed by atoms with van der Waals surface area (Å²) in [6.45, 7) is 0. The molecule has 0 atom stereocenters. The first-order valence-electron chi connectivity index (χ1n) is 9.80. The molecule has 0 bridgehead atoms. The number of hydrogen-bond donors (Lipinski definition) is 2. The van der Waals surface area contributed by atoms with Gasteiger partial charge in [-0.05, 0) is 60.2 Å². The summed E-state index contributed by atoms with van der Waals surface area (Å²) in [5.41, 5.74) is 3.18. The number of hydrogen-bond acceptors (Lipinski definition) is 6. The molecule has 4 aromatic rings. The van der Waals surface area contributed by atoms with Crippen LogP contribution in [-0.4, -0.2) is 24.0 Å². The number of halogens is 2. The number of nitrogens with zero attached hydrogens (tertiary/aromatic N) is 1. The Morgan fingerprint density at radius 1 is 0.882 bits per heavy atom. The quantitative estimate of drug-likeness (QED) is 0.121. The number of fused-ring (bicyclic) bond motifs is 1. The van der Waals surface area contributed by atoms with Crippen molar-refractivity contribution >= 4 is 74.3 Å². The van der Waals surface area contributed by atoms with E-state index in [1.54, 1.807) is 48.5 Å².